The van der Waals surface area contributed by atoms with E-state index < -0.39 is 5.79 Å². The molecule has 3 rings (SSSR count). The van der Waals surface area contributed by atoms with E-state index in [0.29, 0.717) is 49.7 Å². The number of nitrogens with one attached hydrogen (secondary N) is 1. The maximum absolute atomic E-state index is 9.46. The van der Waals surface area contributed by atoms with Gasteiger partial charge in [0, 0.05) is 37.4 Å². The topological polar surface area (TPSA) is 130 Å². The van der Waals surface area contributed by atoms with Crippen LogP contribution in [0.4, 0.5) is 11.6 Å². The molecule has 10 heteroatoms. The molecule has 9 nitrogen and oxygen atoms in total. The molecule has 0 aromatic carbocycles. The van der Waals surface area contributed by atoms with Crippen molar-refractivity contribution in [3.05, 3.63) is 11.7 Å². The van der Waals surface area contributed by atoms with Gasteiger partial charge >= 0.3 is 0 Å². The van der Waals surface area contributed by atoms with Gasteiger partial charge in [-0.05, 0) is 0 Å². The normalized spacial score (nSPS) is 22.2. The Balaban J connectivity index is 0.00000208. The summed E-state index contributed by atoms with van der Waals surface area (Å²) in [6.07, 6.45) is 1.33. The van der Waals surface area contributed by atoms with Crippen LogP contribution in [0.25, 0.3) is 0 Å². The predicted octanol–water partition coefficient (Wildman–Crippen LogP) is -0.0542. The smallest absolute Gasteiger partial charge is 0.259 e. The van der Waals surface area contributed by atoms with E-state index >= 15 is 0 Å². The first-order chi connectivity index (χ1) is 10.9. The largest absolute Gasteiger partial charge is 0.423 e. The average molecular weight is 362 g/mol. The minimum absolute atomic E-state index is 0. The highest BCUT2D eigenvalue weighted by atomic mass is 35.5. The number of halogens is 1. The van der Waals surface area contributed by atoms with Crippen molar-refractivity contribution in [3.63, 3.8) is 0 Å². The highest BCUT2D eigenvalue weighted by Gasteiger charge is 2.44. The van der Waals surface area contributed by atoms with Crippen LogP contribution in [-0.4, -0.2) is 58.7 Å². The van der Waals surface area contributed by atoms with Gasteiger partial charge in [-0.1, -0.05) is 6.92 Å². The number of aliphatic hydroxyl groups excluding tert-OH is 1. The fourth-order valence-corrected chi connectivity index (χ4v) is 2.82. The van der Waals surface area contributed by atoms with E-state index in [1.807, 2.05) is 11.8 Å². The molecule has 0 atom stereocenters. The lowest BCUT2D eigenvalue weighted by atomic mass is 9.91. The number of aromatic nitrogens is 2. The number of piperidine rings is 1. The van der Waals surface area contributed by atoms with E-state index in [1.54, 1.807) is 6.07 Å². The molecule has 24 heavy (non-hydrogen) atoms. The number of anilines is 2. The summed E-state index contributed by atoms with van der Waals surface area (Å²) in [6.45, 7) is 4.22. The molecule has 0 bridgehead atoms. The Hall–Kier alpha value is -1.55. The lowest BCUT2D eigenvalue weighted by Gasteiger charge is -2.48. The number of aliphatic hydroxyl groups is 1. The molecule has 0 unspecified atom stereocenters. The summed E-state index contributed by atoms with van der Waals surface area (Å²) in [5, 5.41) is 26.4. The highest BCUT2D eigenvalue weighted by molar-refractivity contribution is 5.85. The minimum atomic E-state index is -0.605. The van der Waals surface area contributed by atoms with Crippen LogP contribution in [0, 0.1) is 10.8 Å². The van der Waals surface area contributed by atoms with Gasteiger partial charge in [-0.25, -0.2) is 0 Å². The molecular formula is C14H24ClN5O4. The van der Waals surface area contributed by atoms with Crippen molar-refractivity contribution in [1.29, 1.82) is 5.41 Å². The van der Waals surface area contributed by atoms with E-state index in [1.165, 1.54) is 0 Å². The van der Waals surface area contributed by atoms with Crippen molar-refractivity contribution in [2.24, 2.45) is 5.41 Å². The third-order valence-corrected chi connectivity index (χ3v) is 4.54. The van der Waals surface area contributed by atoms with Crippen LogP contribution in [0.15, 0.2) is 6.07 Å². The van der Waals surface area contributed by atoms with Crippen molar-refractivity contribution in [3.8, 4) is 0 Å². The van der Waals surface area contributed by atoms with Crippen LogP contribution in [0.3, 0.4) is 0 Å². The molecule has 5 N–H and O–H groups in total. The lowest BCUT2D eigenvalue weighted by Crippen LogP contribution is -2.55. The zero-order valence-electron chi connectivity index (χ0n) is 13.6. The lowest BCUT2D eigenvalue weighted by molar-refractivity contribution is -0.311. The third-order valence-electron chi connectivity index (χ3n) is 4.54. The van der Waals surface area contributed by atoms with E-state index in [-0.39, 0.29) is 35.9 Å². The second-order valence-corrected chi connectivity index (χ2v) is 6.62. The number of hydrogen-bond acceptors (Lipinski definition) is 8. The zero-order valence-corrected chi connectivity index (χ0v) is 14.4. The van der Waals surface area contributed by atoms with Gasteiger partial charge in [0.05, 0.1) is 19.8 Å². The van der Waals surface area contributed by atoms with Crippen molar-refractivity contribution < 1.29 is 19.8 Å². The van der Waals surface area contributed by atoms with E-state index in [4.69, 9.17) is 20.6 Å². The maximum Gasteiger partial charge on any atom is 0.259 e. The first kappa shape index (κ1) is 18.8. The number of nitrogens with two attached hydrogens (primary N) is 1. The zero-order chi connectivity index (χ0) is 16.7. The Labute approximate surface area is 145 Å². The van der Waals surface area contributed by atoms with E-state index in [0.717, 1.165) is 0 Å². The van der Waals surface area contributed by atoms with Crippen molar-refractivity contribution in [2.45, 2.75) is 25.6 Å². The molecule has 136 valence electrons. The van der Waals surface area contributed by atoms with Gasteiger partial charge < -0.3 is 30.4 Å². The quantitative estimate of drug-likeness (QED) is 0.543. The summed E-state index contributed by atoms with van der Waals surface area (Å²) >= 11 is 0. The first-order valence-electron chi connectivity index (χ1n) is 7.64. The summed E-state index contributed by atoms with van der Waals surface area (Å²) in [6, 6.07) is 1.54. The predicted molar refractivity (Wildman–Crippen MR) is 88.2 cm³/mol. The maximum atomic E-state index is 9.46. The summed E-state index contributed by atoms with van der Waals surface area (Å²) < 4.78 is 12.4. The minimum Gasteiger partial charge on any atom is -0.423 e. The molecule has 0 amide bonds. The summed E-state index contributed by atoms with van der Waals surface area (Å²) in [5.41, 5.74) is 5.02. The average Bonchev–Trinajstić information content (AvgIpc) is 2.56. The van der Waals surface area contributed by atoms with Gasteiger partial charge in [-0.3, -0.25) is 5.41 Å². The molecule has 3 heterocycles. The molecule has 1 spiro atoms. The van der Waals surface area contributed by atoms with Crippen LogP contribution in [0.1, 0.15) is 19.8 Å². The van der Waals surface area contributed by atoms with Crippen molar-refractivity contribution in [2.75, 3.05) is 43.5 Å². The molecule has 0 radical (unpaired) electrons. The Morgan fingerprint density at radius 1 is 1.33 bits per heavy atom. The first-order valence-corrected chi connectivity index (χ1v) is 7.64. The summed E-state index contributed by atoms with van der Waals surface area (Å²) in [4.78, 5) is 6.03. The number of nitrogen functional groups attached to an aromatic ring is 1. The van der Waals surface area contributed by atoms with Gasteiger partial charge in [-0.2, -0.15) is 4.98 Å². The van der Waals surface area contributed by atoms with Crippen molar-refractivity contribution in [1.82, 2.24) is 9.71 Å². The molecule has 0 saturated carbocycles. The van der Waals surface area contributed by atoms with Gasteiger partial charge in [0.1, 0.15) is 11.6 Å². The Kier molecular flexibility index (Phi) is 5.28. The van der Waals surface area contributed by atoms with E-state index in [2.05, 4.69) is 4.98 Å². The standard InChI is InChI=1S/C14H23N5O4.ClH/c1-13(7-20)8-22-14(23-9-13)2-4-18(5-3-14)11-6-10(15)19(21)12(16)17-11;/h6,16,20-21H,2-5,7-9,15H2,1H3;1H. The molecule has 2 aliphatic rings. The highest BCUT2D eigenvalue weighted by Crippen LogP contribution is 2.37. The second kappa shape index (κ2) is 6.75. The van der Waals surface area contributed by atoms with Gasteiger partial charge in [0.25, 0.3) is 5.62 Å². The molecule has 2 aliphatic heterocycles. The number of nitrogens with zero attached hydrogens (tertiary/aromatic N) is 3. The monoisotopic (exact) mass is 361 g/mol. The second-order valence-electron chi connectivity index (χ2n) is 6.62. The SMILES string of the molecule is CC1(CO)COC2(CCN(c3cc(N)n(O)c(=N)n3)CC2)OC1.Cl. The van der Waals surface area contributed by atoms with Crippen LogP contribution in [-0.2, 0) is 9.47 Å². The molecular weight excluding hydrogens is 338 g/mol. The molecule has 2 saturated heterocycles. The van der Waals surface area contributed by atoms with E-state index in [9.17, 15) is 10.3 Å². The Bertz CT molecular complexity index is 635. The van der Waals surface area contributed by atoms with Gasteiger partial charge in [0.2, 0.25) is 0 Å². The number of rotatable bonds is 2. The summed E-state index contributed by atoms with van der Waals surface area (Å²) in [5.74, 6) is 0.0273. The van der Waals surface area contributed by atoms with Crippen molar-refractivity contribution >= 4 is 24.0 Å². The fourth-order valence-electron chi connectivity index (χ4n) is 2.82. The number of hydrogen-bond donors (Lipinski definition) is 4. The fraction of sp³-hybridized carbons (Fsp3) is 0.714. The van der Waals surface area contributed by atoms with Crippen LogP contribution in [0.2, 0.25) is 0 Å². The number of ether oxygens (including phenoxy) is 2. The Morgan fingerprint density at radius 2 is 1.92 bits per heavy atom. The third kappa shape index (κ3) is 3.44. The molecule has 1 aromatic heterocycles. The van der Waals surface area contributed by atoms with Crippen LogP contribution < -0.4 is 16.3 Å². The molecule has 0 aliphatic carbocycles. The van der Waals surface area contributed by atoms with Gasteiger partial charge in [-0.15, -0.1) is 17.1 Å². The molecule has 2 fully saturated rings. The summed E-state index contributed by atoms with van der Waals surface area (Å²) in [7, 11) is 0. The van der Waals surface area contributed by atoms with Gasteiger partial charge in [0.15, 0.2) is 5.79 Å². The van der Waals surface area contributed by atoms with Crippen LogP contribution in [0.5, 0.6) is 0 Å². The Morgan fingerprint density at radius 3 is 2.42 bits per heavy atom. The van der Waals surface area contributed by atoms with Crippen LogP contribution >= 0.6 is 12.4 Å². The molecule has 1 aromatic rings.